The summed E-state index contributed by atoms with van der Waals surface area (Å²) in [6.07, 6.45) is 4.91. The molecule has 0 bridgehead atoms. The number of benzene rings is 3. The van der Waals surface area contributed by atoms with Crippen molar-refractivity contribution < 1.29 is 0 Å². The molecule has 3 aromatic carbocycles. The van der Waals surface area contributed by atoms with Gasteiger partial charge in [0.1, 0.15) is 0 Å². The molecule has 0 spiro atoms. The maximum Gasteiger partial charge on any atom is 0.0862 e. The fourth-order valence-electron chi connectivity index (χ4n) is 3.75. The summed E-state index contributed by atoms with van der Waals surface area (Å²) in [5, 5.41) is 11.8. The van der Waals surface area contributed by atoms with Crippen LogP contribution in [0.4, 0.5) is 5.69 Å². The van der Waals surface area contributed by atoms with Crippen molar-refractivity contribution in [3.05, 3.63) is 112 Å². The van der Waals surface area contributed by atoms with Gasteiger partial charge in [-0.1, -0.05) is 64.0 Å². The van der Waals surface area contributed by atoms with E-state index in [0.29, 0.717) is 0 Å². The van der Waals surface area contributed by atoms with Gasteiger partial charge in [0.05, 0.1) is 29.3 Å². The molecular formula is C25H21BrN4. The molecule has 148 valence electrons. The highest BCUT2D eigenvalue weighted by molar-refractivity contribution is 9.10. The number of anilines is 1. The van der Waals surface area contributed by atoms with Gasteiger partial charge >= 0.3 is 0 Å². The van der Waals surface area contributed by atoms with Crippen LogP contribution < -0.4 is 5.01 Å². The maximum absolute atomic E-state index is 5.01. The maximum atomic E-state index is 5.01. The first-order valence-corrected chi connectivity index (χ1v) is 10.8. The van der Waals surface area contributed by atoms with Crippen molar-refractivity contribution >= 4 is 27.3 Å². The van der Waals surface area contributed by atoms with Crippen molar-refractivity contribution in [1.82, 2.24) is 9.78 Å². The molecule has 5 rings (SSSR count). The molecule has 1 atom stereocenters. The summed E-state index contributed by atoms with van der Waals surface area (Å²) in [5.41, 5.74) is 6.76. The fourth-order valence-corrected chi connectivity index (χ4v) is 4.02. The molecule has 30 heavy (non-hydrogen) atoms. The van der Waals surface area contributed by atoms with E-state index in [0.717, 1.165) is 39.1 Å². The standard InChI is InChI=1S/C25H21BrN4/c1-18-7-11-22(12-8-18)29-17-20(16-27-29)25-15-24(19-5-3-2-4-6-19)28-30(25)23-13-9-21(26)10-14-23/h2-14,16-17,25H,15H2,1H3. The van der Waals surface area contributed by atoms with Crippen LogP contribution in [-0.2, 0) is 0 Å². The second-order valence-electron chi connectivity index (χ2n) is 7.51. The SMILES string of the molecule is Cc1ccc(-n2cc(C3CC(c4ccccc4)=NN3c3ccc(Br)cc3)cn2)cc1. The molecule has 1 unspecified atom stereocenters. The van der Waals surface area contributed by atoms with E-state index in [1.807, 2.05) is 16.9 Å². The van der Waals surface area contributed by atoms with Crippen molar-refractivity contribution in [2.75, 3.05) is 5.01 Å². The topological polar surface area (TPSA) is 33.4 Å². The number of hydrogen-bond acceptors (Lipinski definition) is 3. The zero-order chi connectivity index (χ0) is 20.5. The monoisotopic (exact) mass is 456 g/mol. The molecule has 0 saturated heterocycles. The second-order valence-corrected chi connectivity index (χ2v) is 8.42. The van der Waals surface area contributed by atoms with Gasteiger partial charge in [0.25, 0.3) is 0 Å². The van der Waals surface area contributed by atoms with Gasteiger partial charge in [0.15, 0.2) is 0 Å². The number of aryl methyl sites for hydroxylation is 1. The van der Waals surface area contributed by atoms with Gasteiger partial charge in [-0.05, 0) is 48.9 Å². The third-order valence-electron chi connectivity index (χ3n) is 5.39. The molecule has 0 radical (unpaired) electrons. The largest absolute Gasteiger partial charge is 0.257 e. The first kappa shape index (κ1) is 18.8. The van der Waals surface area contributed by atoms with Crippen LogP contribution in [0.2, 0.25) is 0 Å². The molecule has 4 aromatic rings. The van der Waals surface area contributed by atoms with Gasteiger partial charge in [-0.3, -0.25) is 5.01 Å². The van der Waals surface area contributed by atoms with E-state index in [-0.39, 0.29) is 6.04 Å². The minimum Gasteiger partial charge on any atom is -0.257 e. The average Bonchev–Trinajstić information content (AvgIpc) is 3.43. The van der Waals surface area contributed by atoms with Crippen LogP contribution in [0.5, 0.6) is 0 Å². The van der Waals surface area contributed by atoms with Crippen molar-refractivity contribution in [1.29, 1.82) is 0 Å². The van der Waals surface area contributed by atoms with Crippen LogP contribution in [0.3, 0.4) is 0 Å². The predicted molar refractivity (Wildman–Crippen MR) is 125 cm³/mol. The van der Waals surface area contributed by atoms with E-state index >= 15 is 0 Å². The van der Waals surface area contributed by atoms with Crippen LogP contribution in [0.15, 0.2) is 101 Å². The Labute approximate surface area is 184 Å². The molecule has 0 N–H and O–H groups in total. The molecule has 0 amide bonds. The average molecular weight is 457 g/mol. The van der Waals surface area contributed by atoms with Gasteiger partial charge in [0.2, 0.25) is 0 Å². The van der Waals surface area contributed by atoms with E-state index in [1.165, 1.54) is 5.56 Å². The summed E-state index contributed by atoms with van der Waals surface area (Å²) in [6.45, 7) is 2.09. The van der Waals surface area contributed by atoms with Gasteiger partial charge in [-0.15, -0.1) is 0 Å². The molecule has 1 aliphatic heterocycles. The molecule has 0 fully saturated rings. The summed E-state index contributed by atoms with van der Waals surface area (Å²) in [4.78, 5) is 0. The predicted octanol–water partition coefficient (Wildman–Crippen LogP) is 6.30. The summed E-state index contributed by atoms with van der Waals surface area (Å²) in [6, 6.07) is 27.2. The number of aromatic nitrogens is 2. The lowest BCUT2D eigenvalue weighted by Gasteiger charge is -2.22. The van der Waals surface area contributed by atoms with E-state index in [1.54, 1.807) is 0 Å². The van der Waals surface area contributed by atoms with Crippen molar-refractivity contribution in [3.63, 3.8) is 0 Å². The number of rotatable bonds is 4. The van der Waals surface area contributed by atoms with E-state index in [2.05, 4.69) is 112 Å². The van der Waals surface area contributed by atoms with E-state index < -0.39 is 0 Å². The molecule has 0 aliphatic carbocycles. The Morgan fingerprint density at radius 3 is 2.30 bits per heavy atom. The minimum atomic E-state index is 0.0978. The Kier molecular flexibility index (Phi) is 4.97. The van der Waals surface area contributed by atoms with Gasteiger partial charge < -0.3 is 0 Å². The highest BCUT2D eigenvalue weighted by atomic mass is 79.9. The normalized spacial score (nSPS) is 16.0. The Bertz CT molecular complexity index is 1180. The van der Waals surface area contributed by atoms with Crippen LogP contribution in [0, 0.1) is 6.92 Å². The molecular weight excluding hydrogens is 436 g/mol. The lowest BCUT2D eigenvalue weighted by atomic mass is 10.0. The van der Waals surface area contributed by atoms with Crippen LogP contribution >= 0.6 is 15.9 Å². The highest BCUT2D eigenvalue weighted by Gasteiger charge is 2.31. The quantitative estimate of drug-likeness (QED) is 0.361. The smallest absolute Gasteiger partial charge is 0.0862 e. The van der Waals surface area contributed by atoms with E-state index in [4.69, 9.17) is 5.10 Å². The highest BCUT2D eigenvalue weighted by Crippen LogP contribution is 2.37. The van der Waals surface area contributed by atoms with Crippen LogP contribution in [0.1, 0.15) is 29.2 Å². The fraction of sp³-hybridized carbons (Fsp3) is 0.120. The number of hydrazone groups is 1. The van der Waals surface area contributed by atoms with Crippen molar-refractivity contribution in [2.24, 2.45) is 5.10 Å². The lowest BCUT2D eigenvalue weighted by Crippen LogP contribution is -2.18. The summed E-state index contributed by atoms with van der Waals surface area (Å²) in [5.74, 6) is 0. The zero-order valence-corrected chi connectivity index (χ0v) is 18.2. The first-order chi connectivity index (χ1) is 14.7. The number of nitrogens with zero attached hydrogens (tertiary/aromatic N) is 4. The molecule has 0 saturated carbocycles. The van der Waals surface area contributed by atoms with Gasteiger partial charge in [0, 0.05) is 22.7 Å². The summed E-state index contributed by atoms with van der Waals surface area (Å²) >= 11 is 3.53. The molecule has 1 aromatic heterocycles. The van der Waals surface area contributed by atoms with Crippen molar-refractivity contribution in [2.45, 2.75) is 19.4 Å². The summed E-state index contributed by atoms with van der Waals surface area (Å²) < 4.78 is 3.00. The van der Waals surface area contributed by atoms with Crippen LogP contribution in [-0.4, -0.2) is 15.5 Å². The third-order valence-corrected chi connectivity index (χ3v) is 5.92. The third kappa shape index (κ3) is 3.68. The molecule has 4 nitrogen and oxygen atoms in total. The Balaban J connectivity index is 1.51. The number of halogens is 1. The lowest BCUT2D eigenvalue weighted by molar-refractivity contribution is 0.708. The molecule has 5 heteroatoms. The Morgan fingerprint density at radius 1 is 0.867 bits per heavy atom. The number of hydrogen-bond donors (Lipinski definition) is 0. The van der Waals surface area contributed by atoms with E-state index in [9.17, 15) is 0 Å². The first-order valence-electron chi connectivity index (χ1n) is 9.97. The van der Waals surface area contributed by atoms with Crippen molar-refractivity contribution in [3.8, 4) is 5.69 Å². The second kappa shape index (κ2) is 7.92. The molecule has 2 heterocycles. The zero-order valence-electron chi connectivity index (χ0n) is 16.6. The van der Waals surface area contributed by atoms with Gasteiger partial charge in [-0.2, -0.15) is 10.2 Å². The Hall–Kier alpha value is -3.18. The molecule has 1 aliphatic rings. The summed E-state index contributed by atoms with van der Waals surface area (Å²) in [7, 11) is 0. The Morgan fingerprint density at radius 2 is 1.57 bits per heavy atom. The van der Waals surface area contributed by atoms with Gasteiger partial charge in [-0.25, -0.2) is 4.68 Å². The van der Waals surface area contributed by atoms with Crippen LogP contribution in [0.25, 0.3) is 5.69 Å². The minimum absolute atomic E-state index is 0.0978.